The van der Waals surface area contributed by atoms with Gasteiger partial charge in [-0.15, -0.1) is 0 Å². The summed E-state index contributed by atoms with van der Waals surface area (Å²) in [6.07, 6.45) is 17.8. The second-order valence-corrected chi connectivity index (χ2v) is 6.56. The van der Waals surface area contributed by atoms with E-state index in [2.05, 4.69) is 19.1 Å². The van der Waals surface area contributed by atoms with E-state index in [0.29, 0.717) is 6.61 Å². The predicted octanol–water partition coefficient (Wildman–Crippen LogP) is 4.24. The minimum Gasteiger partial charge on any atom is -0.394 e. The molecule has 144 valence electrons. The molecular formula is C20H40O4. The molecule has 0 bridgehead atoms. The van der Waals surface area contributed by atoms with Crippen molar-refractivity contribution in [2.24, 2.45) is 0 Å². The molecule has 0 fully saturated rings. The lowest BCUT2D eigenvalue weighted by Gasteiger charge is -2.15. The van der Waals surface area contributed by atoms with Gasteiger partial charge in [-0.25, -0.2) is 0 Å². The Bertz CT molecular complexity index is 268. The van der Waals surface area contributed by atoms with Gasteiger partial charge in [0.2, 0.25) is 0 Å². The normalized spacial score (nSPS) is 14.3. The van der Waals surface area contributed by atoms with E-state index in [-0.39, 0.29) is 19.3 Å². The second-order valence-electron chi connectivity index (χ2n) is 6.56. The Hall–Kier alpha value is -0.420. The molecule has 4 heteroatoms. The molecular weight excluding hydrogens is 304 g/mol. The smallest absolute Gasteiger partial charge is 0.100 e. The molecule has 0 aliphatic rings. The minimum atomic E-state index is -0.801. The SMILES string of the molecule is CCCCCCCCCCC/C=C\C[C@H](COCC(O)CO)OC. The summed E-state index contributed by atoms with van der Waals surface area (Å²) in [5, 5.41) is 17.9. The van der Waals surface area contributed by atoms with Gasteiger partial charge in [0.1, 0.15) is 6.10 Å². The number of methoxy groups -OCH3 is 1. The summed E-state index contributed by atoms with van der Waals surface area (Å²) < 4.78 is 10.7. The fourth-order valence-electron chi connectivity index (χ4n) is 2.56. The van der Waals surface area contributed by atoms with E-state index < -0.39 is 6.10 Å². The van der Waals surface area contributed by atoms with Crippen molar-refractivity contribution in [2.75, 3.05) is 26.9 Å². The van der Waals surface area contributed by atoms with E-state index in [1.807, 2.05) is 0 Å². The van der Waals surface area contributed by atoms with Crippen LogP contribution in [0.1, 0.15) is 77.6 Å². The summed E-state index contributed by atoms with van der Waals surface area (Å²) in [7, 11) is 1.67. The standard InChI is InChI=1S/C20H40O4/c1-3-4-5-6-7-8-9-10-11-12-13-14-15-20(23-2)18-24-17-19(22)16-21/h13-14,19-22H,3-12,15-18H2,1-2H3/b14-13-/t19?,20-/m1/s1. The van der Waals surface area contributed by atoms with Crippen LogP contribution in [0.2, 0.25) is 0 Å². The lowest BCUT2D eigenvalue weighted by atomic mass is 10.1. The molecule has 0 saturated heterocycles. The van der Waals surface area contributed by atoms with Crippen LogP contribution in [0, 0.1) is 0 Å². The van der Waals surface area contributed by atoms with Crippen LogP contribution < -0.4 is 0 Å². The molecule has 0 aromatic rings. The highest BCUT2D eigenvalue weighted by Crippen LogP contribution is 2.11. The Labute approximate surface area is 149 Å². The summed E-state index contributed by atoms with van der Waals surface area (Å²) >= 11 is 0. The van der Waals surface area contributed by atoms with Gasteiger partial charge in [-0.3, -0.25) is 0 Å². The molecule has 2 N–H and O–H groups in total. The lowest BCUT2D eigenvalue weighted by molar-refractivity contribution is -0.0345. The third-order valence-electron chi connectivity index (χ3n) is 4.20. The lowest BCUT2D eigenvalue weighted by Crippen LogP contribution is -2.24. The van der Waals surface area contributed by atoms with Crippen LogP contribution in [0.3, 0.4) is 0 Å². The van der Waals surface area contributed by atoms with E-state index in [1.165, 1.54) is 57.8 Å². The highest BCUT2D eigenvalue weighted by molar-refractivity contribution is 4.84. The van der Waals surface area contributed by atoms with Crippen LogP contribution in [-0.4, -0.2) is 49.4 Å². The summed E-state index contributed by atoms with van der Waals surface area (Å²) in [5.41, 5.74) is 0. The maximum absolute atomic E-state index is 9.20. The molecule has 0 aliphatic carbocycles. The van der Waals surface area contributed by atoms with E-state index in [9.17, 15) is 5.11 Å². The molecule has 1 unspecified atom stereocenters. The number of hydrogen-bond donors (Lipinski definition) is 2. The number of allylic oxidation sites excluding steroid dienone is 1. The van der Waals surface area contributed by atoms with Crippen LogP contribution >= 0.6 is 0 Å². The zero-order chi connectivity index (χ0) is 17.9. The van der Waals surface area contributed by atoms with Gasteiger partial charge >= 0.3 is 0 Å². The third-order valence-corrected chi connectivity index (χ3v) is 4.20. The number of ether oxygens (including phenoxy) is 2. The van der Waals surface area contributed by atoms with Crippen LogP contribution in [0.4, 0.5) is 0 Å². The van der Waals surface area contributed by atoms with Crippen molar-refractivity contribution in [3.8, 4) is 0 Å². The van der Waals surface area contributed by atoms with Crippen molar-refractivity contribution in [3.05, 3.63) is 12.2 Å². The van der Waals surface area contributed by atoms with Crippen LogP contribution in [0.15, 0.2) is 12.2 Å². The van der Waals surface area contributed by atoms with Gasteiger partial charge in [-0.2, -0.15) is 0 Å². The summed E-state index contributed by atoms with van der Waals surface area (Å²) in [4.78, 5) is 0. The zero-order valence-electron chi connectivity index (χ0n) is 15.9. The Balaban J connectivity index is 3.42. The van der Waals surface area contributed by atoms with E-state index in [0.717, 1.165) is 12.8 Å². The Kier molecular flexibility index (Phi) is 18.6. The Morgan fingerprint density at radius 2 is 1.50 bits per heavy atom. The molecule has 0 spiro atoms. The van der Waals surface area contributed by atoms with Crippen LogP contribution in [0.25, 0.3) is 0 Å². The number of aliphatic hydroxyl groups excluding tert-OH is 2. The molecule has 0 aromatic heterocycles. The third kappa shape index (κ3) is 16.4. The topological polar surface area (TPSA) is 58.9 Å². The molecule has 0 amide bonds. The van der Waals surface area contributed by atoms with Gasteiger partial charge in [0.25, 0.3) is 0 Å². The van der Waals surface area contributed by atoms with Gasteiger partial charge in [0.15, 0.2) is 0 Å². The second kappa shape index (κ2) is 18.9. The Morgan fingerprint density at radius 3 is 2.08 bits per heavy atom. The van der Waals surface area contributed by atoms with Crippen LogP contribution in [-0.2, 0) is 9.47 Å². The van der Waals surface area contributed by atoms with Gasteiger partial charge in [-0.1, -0.05) is 70.4 Å². The first kappa shape index (κ1) is 23.6. The highest BCUT2D eigenvalue weighted by Gasteiger charge is 2.07. The average molecular weight is 345 g/mol. The van der Waals surface area contributed by atoms with E-state index in [4.69, 9.17) is 14.6 Å². The maximum Gasteiger partial charge on any atom is 0.100 e. The monoisotopic (exact) mass is 344 g/mol. The zero-order valence-corrected chi connectivity index (χ0v) is 15.9. The maximum atomic E-state index is 9.20. The molecule has 0 saturated carbocycles. The quantitative estimate of drug-likeness (QED) is 0.288. The molecule has 0 radical (unpaired) electrons. The summed E-state index contributed by atoms with van der Waals surface area (Å²) in [6, 6.07) is 0. The number of unbranched alkanes of at least 4 members (excludes halogenated alkanes) is 9. The van der Waals surface area contributed by atoms with Gasteiger partial charge in [-0.05, 0) is 19.3 Å². The first-order valence-corrected chi connectivity index (χ1v) is 9.79. The van der Waals surface area contributed by atoms with E-state index in [1.54, 1.807) is 7.11 Å². The van der Waals surface area contributed by atoms with Crippen molar-refractivity contribution in [3.63, 3.8) is 0 Å². The van der Waals surface area contributed by atoms with Crippen molar-refractivity contribution in [1.29, 1.82) is 0 Å². The molecule has 0 aromatic carbocycles. The summed E-state index contributed by atoms with van der Waals surface area (Å²) in [6.45, 7) is 2.59. The van der Waals surface area contributed by atoms with Gasteiger partial charge in [0.05, 0.1) is 25.9 Å². The van der Waals surface area contributed by atoms with E-state index >= 15 is 0 Å². The fourth-order valence-corrected chi connectivity index (χ4v) is 2.56. The first-order valence-electron chi connectivity index (χ1n) is 9.79. The van der Waals surface area contributed by atoms with Crippen LogP contribution in [0.5, 0.6) is 0 Å². The molecule has 2 atom stereocenters. The van der Waals surface area contributed by atoms with Crippen molar-refractivity contribution >= 4 is 0 Å². The molecule has 0 heterocycles. The van der Waals surface area contributed by atoms with Crippen molar-refractivity contribution < 1.29 is 19.7 Å². The summed E-state index contributed by atoms with van der Waals surface area (Å²) in [5.74, 6) is 0. The van der Waals surface area contributed by atoms with Gasteiger partial charge in [0, 0.05) is 7.11 Å². The molecule has 4 nitrogen and oxygen atoms in total. The largest absolute Gasteiger partial charge is 0.394 e. The average Bonchev–Trinajstić information content (AvgIpc) is 2.60. The van der Waals surface area contributed by atoms with Crippen molar-refractivity contribution in [1.82, 2.24) is 0 Å². The number of aliphatic hydroxyl groups is 2. The van der Waals surface area contributed by atoms with Gasteiger partial charge < -0.3 is 19.7 Å². The van der Waals surface area contributed by atoms with Crippen molar-refractivity contribution in [2.45, 2.75) is 89.8 Å². The highest BCUT2D eigenvalue weighted by atomic mass is 16.5. The Morgan fingerprint density at radius 1 is 0.875 bits per heavy atom. The first-order chi connectivity index (χ1) is 11.7. The number of hydrogen-bond acceptors (Lipinski definition) is 4. The predicted molar refractivity (Wildman–Crippen MR) is 100 cm³/mol. The minimum absolute atomic E-state index is 0.00950. The molecule has 0 aliphatic heterocycles. The molecule has 0 rings (SSSR count). The number of rotatable bonds is 18. The fraction of sp³-hybridized carbons (Fsp3) is 0.900. The molecule has 24 heavy (non-hydrogen) atoms.